The fraction of sp³-hybridized carbons (Fsp3) is 0.364. The molecule has 0 unspecified atom stereocenters. The van der Waals surface area contributed by atoms with Crippen molar-refractivity contribution >= 4 is 5.97 Å². The van der Waals surface area contributed by atoms with Crippen molar-refractivity contribution in [2.75, 3.05) is 0 Å². The Labute approximate surface area is 88.1 Å². The normalized spacial score (nSPS) is 11.1. The highest BCUT2D eigenvalue weighted by Gasteiger charge is 2.16. The zero-order chi connectivity index (χ0) is 11.6. The lowest BCUT2D eigenvalue weighted by molar-refractivity contribution is 0.0694. The lowest BCUT2D eigenvalue weighted by atomic mass is 10.1. The molecule has 0 aliphatic heterocycles. The van der Waals surface area contributed by atoms with Crippen molar-refractivity contribution in [1.29, 1.82) is 0 Å². The van der Waals surface area contributed by atoms with E-state index in [1.165, 1.54) is 18.2 Å². The zero-order valence-corrected chi connectivity index (χ0v) is 8.94. The Hall–Kier alpha value is -1.71. The summed E-state index contributed by atoms with van der Waals surface area (Å²) in [5, 5.41) is 18.2. The molecule has 0 atom stereocenters. The summed E-state index contributed by atoms with van der Waals surface area (Å²) in [5.74, 6) is -0.925. The van der Waals surface area contributed by atoms with E-state index in [0.717, 1.165) is 0 Å². The van der Waals surface area contributed by atoms with Gasteiger partial charge in [-0.3, -0.25) is 0 Å². The van der Waals surface area contributed by atoms with Gasteiger partial charge in [-0.1, -0.05) is 0 Å². The Kier molecular flexibility index (Phi) is 2.88. The summed E-state index contributed by atoms with van der Waals surface area (Å²) in [6.45, 7) is 5.46. The van der Waals surface area contributed by atoms with Crippen LogP contribution in [0.15, 0.2) is 18.2 Å². The third-order valence-electron chi connectivity index (χ3n) is 1.62. The standard InChI is InChI=1S/C11H14O4/c1-11(2,3)15-9-6-7(10(13)14)4-5-8(9)12/h4-6,12H,1-3H3,(H,13,14). The molecule has 0 heterocycles. The van der Waals surface area contributed by atoms with Gasteiger partial charge >= 0.3 is 5.97 Å². The fourth-order valence-electron chi connectivity index (χ4n) is 1.06. The maximum absolute atomic E-state index is 10.7. The molecule has 0 spiro atoms. The van der Waals surface area contributed by atoms with Crippen molar-refractivity contribution in [2.45, 2.75) is 26.4 Å². The van der Waals surface area contributed by atoms with E-state index in [0.29, 0.717) is 0 Å². The number of phenols is 1. The zero-order valence-electron chi connectivity index (χ0n) is 8.94. The van der Waals surface area contributed by atoms with Crippen LogP contribution in [0.2, 0.25) is 0 Å². The SMILES string of the molecule is CC(C)(C)Oc1cc(C(=O)O)ccc1O. The molecule has 15 heavy (non-hydrogen) atoms. The molecule has 0 fully saturated rings. The summed E-state index contributed by atoms with van der Waals surface area (Å²) in [7, 11) is 0. The summed E-state index contributed by atoms with van der Waals surface area (Å²) >= 11 is 0. The number of carboxylic acid groups (broad SMARTS) is 1. The summed E-state index contributed by atoms with van der Waals surface area (Å²) in [5.41, 5.74) is -0.388. The first-order valence-electron chi connectivity index (χ1n) is 4.55. The van der Waals surface area contributed by atoms with Crippen molar-refractivity contribution in [3.63, 3.8) is 0 Å². The van der Waals surface area contributed by atoms with Gasteiger partial charge in [-0.15, -0.1) is 0 Å². The molecule has 0 bridgehead atoms. The fourth-order valence-corrected chi connectivity index (χ4v) is 1.06. The predicted octanol–water partition coefficient (Wildman–Crippen LogP) is 2.27. The first-order valence-corrected chi connectivity index (χ1v) is 4.55. The molecule has 4 heteroatoms. The molecule has 0 aromatic heterocycles. The largest absolute Gasteiger partial charge is 0.504 e. The van der Waals surface area contributed by atoms with E-state index < -0.39 is 11.6 Å². The average Bonchev–Trinajstić information content (AvgIpc) is 2.06. The van der Waals surface area contributed by atoms with Gasteiger partial charge in [0, 0.05) is 0 Å². The van der Waals surface area contributed by atoms with E-state index >= 15 is 0 Å². The first-order chi connectivity index (χ1) is 6.79. The molecule has 0 aliphatic rings. The van der Waals surface area contributed by atoms with E-state index in [-0.39, 0.29) is 17.1 Å². The average molecular weight is 210 g/mol. The maximum Gasteiger partial charge on any atom is 0.335 e. The molecule has 0 amide bonds. The van der Waals surface area contributed by atoms with Crippen molar-refractivity contribution in [3.8, 4) is 11.5 Å². The van der Waals surface area contributed by atoms with Gasteiger partial charge in [0.15, 0.2) is 11.5 Å². The number of carbonyl (C=O) groups is 1. The van der Waals surface area contributed by atoms with Gasteiger partial charge < -0.3 is 14.9 Å². The highest BCUT2D eigenvalue weighted by atomic mass is 16.5. The van der Waals surface area contributed by atoms with Crippen LogP contribution >= 0.6 is 0 Å². The number of carboxylic acids is 1. The third-order valence-corrected chi connectivity index (χ3v) is 1.62. The Balaban J connectivity index is 3.06. The molecule has 0 radical (unpaired) electrons. The topological polar surface area (TPSA) is 66.8 Å². The number of aromatic hydroxyl groups is 1. The van der Waals surface area contributed by atoms with E-state index in [1.807, 2.05) is 20.8 Å². The predicted molar refractivity (Wildman–Crippen MR) is 55.4 cm³/mol. The molecule has 82 valence electrons. The summed E-state index contributed by atoms with van der Waals surface area (Å²) < 4.78 is 5.41. The van der Waals surface area contributed by atoms with Crippen LogP contribution in [0.25, 0.3) is 0 Å². The van der Waals surface area contributed by atoms with Crippen LogP contribution in [0.3, 0.4) is 0 Å². The summed E-state index contributed by atoms with van der Waals surface area (Å²) in [6.07, 6.45) is 0. The van der Waals surface area contributed by atoms with Gasteiger partial charge in [0.25, 0.3) is 0 Å². The van der Waals surface area contributed by atoms with E-state index in [1.54, 1.807) is 0 Å². The quantitative estimate of drug-likeness (QED) is 0.785. The lowest BCUT2D eigenvalue weighted by Gasteiger charge is -2.21. The second-order valence-electron chi connectivity index (χ2n) is 4.20. The summed E-state index contributed by atoms with van der Waals surface area (Å²) in [4.78, 5) is 10.7. The minimum Gasteiger partial charge on any atom is -0.504 e. The van der Waals surface area contributed by atoms with Crippen molar-refractivity contribution in [2.24, 2.45) is 0 Å². The second-order valence-corrected chi connectivity index (χ2v) is 4.20. The molecule has 1 rings (SSSR count). The Morgan fingerprint density at radius 2 is 1.93 bits per heavy atom. The Morgan fingerprint density at radius 3 is 2.40 bits per heavy atom. The molecule has 0 saturated heterocycles. The second kappa shape index (κ2) is 3.81. The monoisotopic (exact) mass is 210 g/mol. The van der Waals surface area contributed by atoms with Crippen molar-refractivity contribution < 1.29 is 19.7 Å². The van der Waals surface area contributed by atoms with E-state index in [4.69, 9.17) is 9.84 Å². The van der Waals surface area contributed by atoms with Crippen LogP contribution in [-0.2, 0) is 0 Å². The van der Waals surface area contributed by atoms with Crippen molar-refractivity contribution in [1.82, 2.24) is 0 Å². The van der Waals surface area contributed by atoms with Crippen LogP contribution in [-0.4, -0.2) is 21.8 Å². The summed E-state index contributed by atoms with van der Waals surface area (Å²) in [6, 6.07) is 3.95. The molecular weight excluding hydrogens is 196 g/mol. The number of aromatic carboxylic acids is 1. The number of ether oxygens (including phenoxy) is 1. The molecule has 0 aliphatic carbocycles. The number of benzene rings is 1. The van der Waals surface area contributed by atoms with E-state index in [9.17, 15) is 9.90 Å². The van der Waals surface area contributed by atoms with Gasteiger partial charge in [0.2, 0.25) is 0 Å². The molecule has 0 saturated carbocycles. The van der Waals surface area contributed by atoms with Gasteiger partial charge in [-0.2, -0.15) is 0 Å². The third kappa shape index (κ3) is 3.16. The molecular formula is C11H14O4. The Bertz CT molecular complexity index is 377. The number of hydrogen-bond donors (Lipinski definition) is 2. The van der Waals surface area contributed by atoms with E-state index in [2.05, 4.69) is 0 Å². The number of phenolic OH excluding ortho intramolecular Hbond substituents is 1. The molecule has 1 aromatic rings. The highest BCUT2D eigenvalue weighted by molar-refractivity contribution is 5.88. The van der Waals surface area contributed by atoms with Gasteiger partial charge in [-0.25, -0.2) is 4.79 Å². The molecule has 2 N–H and O–H groups in total. The van der Waals surface area contributed by atoms with Crippen LogP contribution in [0.4, 0.5) is 0 Å². The maximum atomic E-state index is 10.7. The highest BCUT2D eigenvalue weighted by Crippen LogP contribution is 2.29. The minimum absolute atomic E-state index is 0.0603. The number of hydrogen-bond acceptors (Lipinski definition) is 3. The minimum atomic E-state index is -1.05. The van der Waals surface area contributed by atoms with Gasteiger partial charge in [-0.05, 0) is 39.0 Å². The lowest BCUT2D eigenvalue weighted by Crippen LogP contribution is -2.23. The van der Waals surface area contributed by atoms with Crippen LogP contribution in [0, 0.1) is 0 Å². The van der Waals surface area contributed by atoms with Gasteiger partial charge in [0.05, 0.1) is 5.56 Å². The smallest absolute Gasteiger partial charge is 0.335 e. The molecule has 1 aromatic carbocycles. The Morgan fingerprint density at radius 1 is 1.33 bits per heavy atom. The van der Waals surface area contributed by atoms with Crippen LogP contribution in [0.5, 0.6) is 11.5 Å². The van der Waals surface area contributed by atoms with Gasteiger partial charge in [0.1, 0.15) is 5.60 Å². The molecule has 4 nitrogen and oxygen atoms in total. The van der Waals surface area contributed by atoms with Crippen LogP contribution < -0.4 is 4.74 Å². The van der Waals surface area contributed by atoms with Crippen LogP contribution in [0.1, 0.15) is 31.1 Å². The van der Waals surface area contributed by atoms with Crippen molar-refractivity contribution in [3.05, 3.63) is 23.8 Å². The first kappa shape index (κ1) is 11.4. The number of rotatable bonds is 2.